The Labute approximate surface area is 249 Å². The summed E-state index contributed by atoms with van der Waals surface area (Å²) in [5.74, 6) is 2.93. The van der Waals surface area contributed by atoms with Gasteiger partial charge in [0.25, 0.3) is 0 Å². The highest BCUT2D eigenvalue weighted by atomic mass is 16.5. The molecule has 0 aromatic heterocycles. The van der Waals surface area contributed by atoms with Gasteiger partial charge in [0.05, 0.1) is 12.0 Å². The van der Waals surface area contributed by atoms with Crippen molar-refractivity contribution in [2.24, 2.45) is 11.8 Å². The highest BCUT2D eigenvalue weighted by molar-refractivity contribution is 5.94. The van der Waals surface area contributed by atoms with Crippen molar-refractivity contribution in [3.8, 4) is 0 Å². The van der Waals surface area contributed by atoms with Crippen LogP contribution in [0.5, 0.6) is 0 Å². The number of carbonyl (C=O) groups excluding carboxylic acids is 2. The molecule has 0 bridgehead atoms. The number of benzene rings is 1. The molecule has 0 spiro atoms. The molecular formula is C38H52O3. The molecule has 0 saturated heterocycles. The van der Waals surface area contributed by atoms with Crippen molar-refractivity contribution in [3.05, 3.63) is 95.0 Å². The molecule has 0 aliphatic heterocycles. The van der Waals surface area contributed by atoms with Crippen molar-refractivity contribution in [2.75, 3.05) is 0 Å². The lowest BCUT2D eigenvalue weighted by atomic mass is 9.78. The second-order valence-corrected chi connectivity index (χ2v) is 12.0. The summed E-state index contributed by atoms with van der Waals surface area (Å²) in [4.78, 5) is 24.8. The highest BCUT2D eigenvalue weighted by Crippen LogP contribution is 2.42. The first-order valence-corrected chi connectivity index (χ1v) is 16.0. The number of ketones is 2. The second kappa shape index (κ2) is 17.1. The van der Waals surface area contributed by atoms with E-state index in [9.17, 15) is 9.59 Å². The first kappa shape index (κ1) is 32.6. The molecule has 41 heavy (non-hydrogen) atoms. The Morgan fingerprint density at radius 3 is 2.63 bits per heavy atom. The smallest absolute Gasteiger partial charge is 0.158 e. The van der Waals surface area contributed by atoms with Crippen molar-refractivity contribution in [1.82, 2.24) is 0 Å². The second-order valence-electron chi connectivity index (χ2n) is 12.0. The number of aryl methyl sites for hydroxylation is 2. The zero-order chi connectivity index (χ0) is 29.6. The lowest BCUT2D eigenvalue weighted by Gasteiger charge is -2.27. The zero-order valence-electron chi connectivity index (χ0n) is 26.1. The van der Waals surface area contributed by atoms with Gasteiger partial charge >= 0.3 is 0 Å². The van der Waals surface area contributed by atoms with Crippen LogP contribution in [0.1, 0.15) is 121 Å². The van der Waals surface area contributed by atoms with Gasteiger partial charge in [-0.2, -0.15) is 0 Å². The van der Waals surface area contributed by atoms with Crippen LogP contribution in [0.25, 0.3) is 0 Å². The van der Waals surface area contributed by atoms with Crippen LogP contribution >= 0.6 is 0 Å². The minimum atomic E-state index is 0.235. The largest absolute Gasteiger partial charge is 0.470 e. The summed E-state index contributed by atoms with van der Waals surface area (Å²) in [7, 11) is 0. The summed E-state index contributed by atoms with van der Waals surface area (Å²) >= 11 is 0. The average molecular weight is 557 g/mol. The molecule has 3 unspecified atom stereocenters. The number of hydrogen-bond donors (Lipinski definition) is 0. The van der Waals surface area contributed by atoms with Gasteiger partial charge in [0, 0.05) is 25.2 Å². The Bertz CT molecular complexity index is 1160. The van der Waals surface area contributed by atoms with Gasteiger partial charge in [0.2, 0.25) is 0 Å². The molecule has 3 rings (SSSR count). The predicted molar refractivity (Wildman–Crippen MR) is 172 cm³/mol. The van der Waals surface area contributed by atoms with Crippen molar-refractivity contribution >= 4 is 11.6 Å². The normalized spacial score (nSPS) is 18.7. The molecule has 0 fully saturated rings. The quantitative estimate of drug-likeness (QED) is 0.0830. The van der Waals surface area contributed by atoms with Crippen molar-refractivity contribution in [3.63, 3.8) is 0 Å². The topological polar surface area (TPSA) is 43.4 Å². The van der Waals surface area contributed by atoms with Crippen LogP contribution in [0.15, 0.2) is 78.3 Å². The minimum Gasteiger partial charge on any atom is -0.470 e. The molecule has 0 heterocycles. The van der Waals surface area contributed by atoms with Crippen molar-refractivity contribution in [2.45, 2.75) is 117 Å². The Morgan fingerprint density at radius 1 is 1.07 bits per heavy atom. The van der Waals surface area contributed by atoms with Gasteiger partial charge in [-0.25, -0.2) is 0 Å². The van der Waals surface area contributed by atoms with Gasteiger partial charge in [0.1, 0.15) is 5.78 Å². The summed E-state index contributed by atoms with van der Waals surface area (Å²) in [5, 5.41) is 0. The van der Waals surface area contributed by atoms with Crippen LogP contribution in [0.2, 0.25) is 0 Å². The van der Waals surface area contributed by atoms with Gasteiger partial charge < -0.3 is 9.53 Å². The fourth-order valence-corrected chi connectivity index (χ4v) is 6.82. The van der Waals surface area contributed by atoms with Gasteiger partial charge in [-0.15, -0.1) is 0 Å². The highest BCUT2D eigenvalue weighted by Gasteiger charge is 2.27. The monoisotopic (exact) mass is 556 g/mol. The molecule has 3 heteroatoms. The fraction of sp³-hybridized carbons (Fsp3) is 0.526. The standard InChI is InChI=1S/C38H52O3/c1-6-9-13-28(4)38(40)17-11-14-31(12-7-2)33(26-29(5)39)20-18-30-19-24-37-34(27-30)22-25-36(37)32-15-10-16-35(23-21-32)41-8-3/h6,8-9,13,15-16,19,24,27,31,33,36H,3,7,10-12,14,17-18,20-23,25-26H2,1-2,4-5H3. The van der Waals surface area contributed by atoms with Gasteiger partial charge in [-0.1, -0.05) is 74.4 Å². The summed E-state index contributed by atoms with van der Waals surface area (Å²) < 4.78 is 5.57. The van der Waals surface area contributed by atoms with E-state index >= 15 is 0 Å². The molecule has 1 aromatic carbocycles. The Hall–Kier alpha value is -2.94. The first-order chi connectivity index (χ1) is 19.9. The van der Waals surface area contributed by atoms with E-state index in [1.807, 2.05) is 32.1 Å². The van der Waals surface area contributed by atoms with Gasteiger partial charge in [0.15, 0.2) is 5.78 Å². The molecule has 222 valence electrons. The lowest BCUT2D eigenvalue weighted by molar-refractivity contribution is -0.118. The number of allylic oxidation sites excluding steroid dienone is 8. The molecule has 0 radical (unpaired) electrons. The van der Waals surface area contributed by atoms with Crippen LogP contribution < -0.4 is 0 Å². The zero-order valence-corrected chi connectivity index (χ0v) is 26.1. The summed E-state index contributed by atoms with van der Waals surface area (Å²) in [5.41, 5.74) is 6.77. The van der Waals surface area contributed by atoms with E-state index in [0.29, 0.717) is 30.6 Å². The molecule has 1 aromatic rings. The summed E-state index contributed by atoms with van der Waals surface area (Å²) in [6.07, 6.45) is 24.6. The van der Waals surface area contributed by atoms with Crippen molar-refractivity contribution < 1.29 is 14.3 Å². The van der Waals surface area contributed by atoms with E-state index in [0.717, 1.165) is 75.5 Å². The third-order valence-corrected chi connectivity index (χ3v) is 8.99. The maximum Gasteiger partial charge on any atom is 0.158 e. The molecular weight excluding hydrogens is 504 g/mol. The molecule has 3 nitrogen and oxygen atoms in total. The average Bonchev–Trinajstić information content (AvgIpc) is 3.24. The van der Waals surface area contributed by atoms with Gasteiger partial charge in [-0.3, -0.25) is 4.79 Å². The summed E-state index contributed by atoms with van der Waals surface area (Å²) in [6.45, 7) is 11.5. The van der Waals surface area contributed by atoms with Gasteiger partial charge in [-0.05, 0) is 112 Å². The van der Waals surface area contributed by atoms with Crippen LogP contribution in [0.3, 0.4) is 0 Å². The van der Waals surface area contributed by atoms with Crippen LogP contribution in [0, 0.1) is 11.8 Å². The lowest BCUT2D eigenvalue weighted by Crippen LogP contribution is -2.19. The molecule has 0 N–H and O–H groups in total. The van der Waals surface area contributed by atoms with E-state index in [4.69, 9.17) is 4.74 Å². The number of fused-ring (bicyclic) bond motifs is 1. The predicted octanol–water partition coefficient (Wildman–Crippen LogP) is 10.1. The number of carbonyl (C=O) groups is 2. The number of rotatable bonds is 17. The SMILES string of the molecule is C=COC1=CCC=C(C2CCc3cc(CCC(CC(C)=O)C(CCC)CCCC(=O)C(C)=CC=CC)ccc32)CC1. The Morgan fingerprint density at radius 2 is 1.90 bits per heavy atom. The molecule has 2 aliphatic carbocycles. The first-order valence-electron chi connectivity index (χ1n) is 16.0. The van der Waals surface area contributed by atoms with E-state index in [1.165, 1.54) is 29.4 Å². The maximum atomic E-state index is 12.6. The molecule has 2 aliphatic rings. The fourth-order valence-electron chi connectivity index (χ4n) is 6.82. The minimum absolute atomic E-state index is 0.235. The van der Waals surface area contributed by atoms with E-state index in [-0.39, 0.29) is 11.6 Å². The molecule has 0 saturated carbocycles. The third-order valence-electron chi connectivity index (χ3n) is 8.99. The number of ether oxygens (including phenoxy) is 1. The number of hydrogen-bond acceptors (Lipinski definition) is 3. The van der Waals surface area contributed by atoms with E-state index in [2.05, 4.69) is 43.9 Å². The Balaban J connectivity index is 1.61. The summed E-state index contributed by atoms with van der Waals surface area (Å²) in [6, 6.07) is 7.15. The van der Waals surface area contributed by atoms with Crippen LogP contribution in [0.4, 0.5) is 0 Å². The molecule has 0 amide bonds. The maximum absolute atomic E-state index is 12.6. The van der Waals surface area contributed by atoms with E-state index < -0.39 is 0 Å². The molecule has 3 atom stereocenters. The van der Waals surface area contributed by atoms with Crippen molar-refractivity contribution in [1.29, 1.82) is 0 Å². The van der Waals surface area contributed by atoms with Crippen LogP contribution in [-0.2, 0) is 27.2 Å². The van der Waals surface area contributed by atoms with Crippen LogP contribution in [-0.4, -0.2) is 11.6 Å². The number of Topliss-reactive ketones (excluding diaryl/α,β-unsaturated/α-hetero) is 2. The van der Waals surface area contributed by atoms with E-state index in [1.54, 1.807) is 12.5 Å². The third kappa shape index (κ3) is 10.1. The Kier molecular flexibility index (Phi) is 13.6.